The molecule has 1 aromatic carbocycles. The highest BCUT2D eigenvalue weighted by atomic mass is 35.5. The zero-order valence-electron chi connectivity index (χ0n) is 21.4. The molecule has 1 aromatic rings. The number of carbonyl (C=O) groups is 3. The molecule has 9 heteroatoms. The van der Waals surface area contributed by atoms with Crippen LogP contribution in [0.15, 0.2) is 36.9 Å². The van der Waals surface area contributed by atoms with E-state index in [0.717, 1.165) is 5.56 Å². The van der Waals surface area contributed by atoms with Gasteiger partial charge in [-0.2, -0.15) is 0 Å². The van der Waals surface area contributed by atoms with Gasteiger partial charge in [0.15, 0.2) is 20.2 Å². The van der Waals surface area contributed by atoms with Crippen molar-refractivity contribution in [2.24, 2.45) is 5.92 Å². The Morgan fingerprint density at radius 1 is 1.31 bits per heavy atom. The van der Waals surface area contributed by atoms with E-state index in [2.05, 4.69) is 40.4 Å². The van der Waals surface area contributed by atoms with Crippen LogP contribution in [0.3, 0.4) is 0 Å². The summed E-state index contributed by atoms with van der Waals surface area (Å²) < 4.78 is 17.4. The lowest BCUT2D eigenvalue weighted by Crippen LogP contribution is -2.69. The fourth-order valence-corrected chi connectivity index (χ4v) is 6.08. The number of nitrogens with zero attached hydrogens (tertiary/aromatic N) is 1. The zero-order chi connectivity index (χ0) is 26.1. The van der Waals surface area contributed by atoms with Crippen LogP contribution in [-0.2, 0) is 30.0 Å². The Bertz CT molecular complexity index is 965. The molecule has 2 heterocycles. The zero-order valence-corrected chi connectivity index (χ0v) is 23.1. The van der Waals surface area contributed by atoms with Gasteiger partial charge in [0.25, 0.3) is 0 Å². The molecule has 2 aliphatic rings. The predicted octanol–water partition coefficient (Wildman–Crippen LogP) is 4.48. The van der Waals surface area contributed by atoms with Gasteiger partial charge in [0.05, 0.1) is 18.1 Å². The molecule has 35 heavy (non-hydrogen) atoms. The molecule has 0 bridgehead atoms. The van der Waals surface area contributed by atoms with Crippen molar-refractivity contribution in [2.75, 3.05) is 6.61 Å². The number of para-hydroxylation sites is 1. The largest absolute Gasteiger partial charge is 0.482 e. The third kappa shape index (κ3) is 5.65. The third-order valence-corrected chi connectivity index (χ3v) is 12.3. The summed E-state index contributed by atoms with van der Waals surface area (Å²) >= 11 is 6.37. The number of alkyl halides is 1. The lowest BCUT2D eigenvalue weighted by atomic mass is 9.79. The number of β-lactam (4-membered cyclic amide) rings is 1. The van der Waals surface area contributed by atoms with E-state index in [4.69, 9.17) is 25.5 Å². The van der Waals surface area contributed by atoms with E-state index < -0.39 is 44.0 Å². The van der Waals surface area contributed by atoms with Gasteiger partial charge in [-0.3, -0.25) is 9.59 Å². The molecule has 192 valence electrons. The summed E-state index contributed by atoms with van der Waals surface area (Å²) in [5, 5.41) is -0.0496. The first-order valence-electron chi connectivity index (χ1n) is 12.0. The van der Waals surface area contributed by atoms with Crippen molar-refractivity contribution in [3.8, 4) is 5.75 Å². The molecule has 0 aromatic heterocycles. The van der Waals surface area contributed by atoms with E-state index in [9.17, 15) is 14.4 Å². The molecule has 0 spiro atoms. The van der Waals surface area contributed by atoms with Crippen LogP contribution in [0.25, 0.3) is 0 Å². The summed E-state index contributed by atoms with van der Waals surface area (Å²) in [5.74, 6) is -1.11. The number of Topliss-reactive ketones (excluding diaryl/α,β-unsaturated/α-hetero) is 1. The number of benzene rings is 1. The molecule has 1 unspecified atom stereocenters. The van der Waals surface area contributed by atoms with E-state index in [1.807, 2.05) is 31.2 Å². The summed E-state index contributed by atoms with van der Waals surface area (Å²) in [4.78, 5) is 40.2. The van der Waals surface area contributed by atoms with Crippen LogP contribution < -0.4 is 4.74 Å². The van der Waals surface area contributed by atoms with Gasteiger partial charge >= 0.3 is 5.97 Å². The van der Waals surface area contributed by atoms with Crippen molar-refractivity contribution in [3.05, 3.63) is 42.5 Å². The highest BCUT2D eigenvalue weighted by Crippen LogP contribution is 2.42. The first-order valence-corrected chi connectivity index (χ1v) is 15.3. The first kappa shape index (κ1) is 27.4. The predicted molar refractivity (Wildman–Crippen MR) is 137 cm³/mol. The second-order valence-electron chi connectivity index (χ2n) is 10.8. The lowest BCUT2D eigenvalue weighted by Gasteiger charge is -2.52. The number of ketones is 1. The van der Waals surface area contributed by atoms with Gasteiger partial charge in [-0.15, -0.1) is 0 Å². The van der Waals surface area contributed by atoms with E-state index in [-0.39, 0.29) is 29.8 Å². The van der Waals surface area contributed by atoms with E-state index in [1.54, 1.807) is 0 Å². The standard InChI is InChI=1S/C26H36ClNO6Si/c1-8-13-32-25(31)23(27)28-18(15-19(29)21-14-17-11-9-10-12-20(17)33-21)22(24(28)30)16(2)34-35(6,7)26(3,4)5/h8-12,16,18,21-23H,1,13-15H2,2-7H3/t16-,18-,21-,22-,23?/m1/s1. The number of esters is 1. The average Bonchev–Trinajstić information content (AvgIpc) is 3.20. The molecule has 1 saturated heterocycles. The van der Waals surface area contributed by atoms with Crippen molar-refractivity contribution in [2.45, 2.75) is 82.4 Å². The number of ether oxygens (including phenoxy) is 2. The Labute approximate surface area is 213 Å². The molecule has 1 amide bonds. The quantitative estimate of drug-likeness (QED) is 0.113. The summed E-state index contributed by atoms with van der Waals surface area (Å²) in [5.41, 5.74) is -0.361. The summed E-state index contributed by atoms with van der Waals surface area (Å²) in [7, 11) is -2.19. The lowest BCUT2D eigenvalue weighted by molar-refractivity contribution is -0.174. The van der Waals surface area contributed by atoms with Crippen LogP contribution in [0.2, 0.25) is 18.1 Å². The normalized spacial score (nSPS) is 23.6. The minimum atomic E-state index is -2.19. The number of fused-ring (bicyclic) bond motifs is 1. The highest BCUT2D eigenvalue weighted by Gasteiger charge is 2.56. The number of carbonyl (C=O) groups excluding carboxylic acids is 3. The molecule has 5 atom stereocenters. The fraction of sp³-hybridized carbons (Fsp3) is 0.577. The molecular weight excluding hydrogens is 486 g/mol. The van der Waals surface area contributed by atoms with Gasteiger partial charge in [-0.1, -0.05) is 63.2 Å². The molecule has 2 aliphatic heterocycles. The molecule has 1 fully saturated rings. The molecule has 7 nitrogen and oxygen atoms in total. The Hall–Kier alpha value is -2.16. The minimum absolute atomic E-state index is 0.0121. The number of hydrogen-bond acceptors (Lipinski definition) is 6. The summed E-state index contributed by atoms with van der Waals surface area (Å²) in [6.07, 6.45) is 0.837. The van der Waals surface area contributed by atoms with Gasteiger partial charge < -0.3 is 18.8 Å². The maximum absolute atomic E-state index is 13.3. The third-order valence-electron chi connectivity index (χ3n) is 7.30. The molecule has 0 saturated carbocycles. The van der Waals surface area contributed by atoms with E-state index >= 15 is 0 Å². The Kier molecular flexibility index (Phi) is 8.18. The maximum atomic E-state index is 13.3. The van der Waals surface area contributed by atoms with Crippen molar-refractivity contribution in [1.82, 2.24) is 4.90 Å². The second kappa shape index (κ2) is 10.4. The minimum Gasteiger partial charge on any atom is -0.482 e. The Morgan fingerprint density at radius 2 is 1.97 bits per heavy atom. The number of rotatable bonds is 10. The van der Waals surface area contributed by atoms with Crippen molar-refractivity contribution >= 4 is 37.6 Å². The Balaban J connectivity index is 1.79. The monoisotopic (exact) mass is 521 g/mol. The van der Waals surface area contributed by atoms with Gasteiger partial charge in [-0.25, -0.2) is 4.79 Å². The number of halogens is 1. The fourth-order valence-electron chi connectivity index (χ4n) is 4.35. The number of likely N-dealkylation sites (tertiary alicyclic amines) is 1. The van der Waals surface area contributed by atoms with Crippen molar-refractivity contribution in [1.29, 1.82) is 0 Å². The molecule has 0 radical (unpaired) electrons. The highest BCUT2D eigenvalue weighted by molar-refractivity contribution is 6.74. The van der Waals surface area contributed by atoms with Crippen LogP contribution in [0.1, 0.15) is 39.7 Å². The first-order chi connectivity index (χ1) is 16.3. The average molecular weight is 522 g/mol. The topological polar surface area (TPSA) is 82.1 Å². The van der Waals surface area contributed by atoms with Crippen molar-refractivity contribution in [3.63, 3.8) is 0 Å². The van der Waals surface area contributed by atoms with Gasteiger partial charge in [-0.05, 0) is 36.7 Å². The van der Waals surface area contributed by atoms with Crippen LogP contribution in [-0.4, -0.2) is 61.2 Å². The molecule has 0 aliphatic carbocycles. The molecule has 0 N–H and O–H groups in total. The number of amides is 1. The maximum Gasteiger partial charge on any atom is 0.344 e. The smallest absolute Gasteiger partial charge is 0.344 e. The van der Waals surface area contributed by atoms with Crippen LogP contribution >= 0.6 is 11.6 Å². The number of hydrogen-bond donors (Lipinski definition) is 0. The second-order valence-corrected chi connectivity index (χ2v) is 15.9. The van der Waals surface area contributed by atoms with Gasteiger partial charge in [0.2, 0.25) is 11.4 Å². The molecular formula is C26H36ClNO6Si. The summed E-state index contributed by atoms with van der Waals surface area (Å²) in [6, 6.07) is 6.94. The van der Waals surface area contributed by atoms with Gasteiger partial charge in [0, 0.05) is 12.8 Å². The molecule has 3 rings (SSSR count). The van der Waals surface area contributed by atoms with E-state index in [1.165, 1.54) is 11.0 Å². The Morgan fingerprint density at radius 3 is 2.57 bits per heavy atom. The van der Waals surface area contributed by atoms with Crippen LogP contribution in [0.4, 0.5) is 0 Å². The SMILES string of the molecule is C=CCOC(=O)C(Cl)N1C(=O)[C@H]([C@@H](C)O[Si](C)(C)C(C)(C)C)[C@H]1CC(=O)[C@H]1Cc2ccccc2O1. The van der Waals surface area contributed by atoms with Crippen molar-refractivity contribution < 1.29 is 28.3 Å². The van der Waals surface area contributed by atoms with E-state index in [0.29, 0.717) is 12.2 Å². The van der Waals surface area contributed by atoms with Crippen LogP contribution in [0.5, 0.6) is 5.75 Å². The van der Waals surface area contributed by atoms with Gasteiger partial charge in [0.1, 0.15) is 12.4 Å². The van der Waals surface area contributed by atoms with Crippen LogP contribution in [0, 0.1) is 5.92 Å². The summed E-state index contributed by atoms with van der Waals surface area (Å²) in [6.45, 7) is 16.0.